The van der Waals surface area contributed by atoms with Gasteiger partial charge in [0.1, 0.15) is 11.6 Å². The lowest BCUT2D eigenvalue weighted by Gasteiger charge is -2.07. The van der Waals surface area contributed by atoms with Crippen molar-refractivity contribution in [3.63, 3.8) is 0 Å². The van der Waals surface area contributed by atoms with Crippen LogP contribution in [-0.4, -0.2) is 14.8 Å². The number of H-pyrrole nitrogens is 1. The first kappa shape index (κ1) is 11.1. The average Bonchev–Trinajstić information content (AvgIpc) is 3.07. The van der Waals surface area contributed by atoms with E-state index in [1.807, 2.05) is 0 Å². The predicted molar refractivity (Wildman–Crippen MR) is 68.4 cm³/mol. The monoisotopic (exact) mass is 313 g/mol. The molecule has 0 saturated heterocycles. The van der Waals surface area contributed by atoms with Crippen LogP contribution in [0.4, 0.5) is 4.39 Å². The van der Waals surface area contributed by atoms with Crippen LogP contribution in [0, 0.1) is 10.6 Å². The summed E-state index contributed by atoms with van der Waals surface area (Å²) in [5, 5.41) is 6.93. The summed E-state index contributed by atoms with van der Waals surface area (Å²) in [6, 6.07) is 4.80. The highest BCUT2D eigenvalue weighted by Crippen LogP contribution is 2.40. The summed E-state index contributed by atoms with van der Waals surface area (Å²) in [7, 11) is 0. The van der Waals surface area contributed by atoms with Crippen molar-refractivity contribution in [1.29, 1.82) is 0 Å². The van der Waals surface area contributed by atoms with Crippen LogP contribution in [0.5, 0.6) is 0 Å². The van der Waals surface area contributed by atoms with E-state index in [0.717, 1.165) is 23.1 Å². The van der Waals surface area contributed by atoms with Crippen molar-refractivity contribution < 1.29 is 4.39 Å². The maximum Gasteiger partial charge on any atom is 0.199 e. The van der Waals surface area contributed by atoms with Gasteiger partial charge >= 0.3 is 0 Å². The molecule has 1 heterocycles. The molecule has 3 nitrogen and oxygen atoms in total. The molecule has 88 valence electrons. The van der Waals surface area contributed by atoms with E-state index >= 15 is 0 Å². The standard InChI is InChI=1S/C11H9BrFN3S/c12-7-3-4-8(13)9(5-7)16-10(6-1-2-6)14-15-11(16)17/h3-6H,1-2H2,(H,15,17). The minimum atomic E-state index is -0.299. The Hall–Kier alpha value is -1.01. The number of hydrogen-bond donors (Lipinski definition) is 1. The van der Waals surface area contributed by atoms with Gasteiger partial charge in [0, 0.05) is 10.4 Å². The smallest absolute Gasteiger partial charge is 0.199 e. The van der Waals surface area contributed by atoms with E-state index in [-0.39, 0.29) is 5.82 Å². The summed E-state index contributed by atoms with van der Waals surface area (Å²) < 4.78 is 16.8. The average molecular weight is 314 g/mol. The van der Waals surface area contributed by atoms with Crippen molar-refractivity contribution >= 4 is 28.1 Å². The van der Waals surface area contributed by atoms with Crippen molar-refractivity contribution in [2.75, 3.05) is 0 Å². The van der Waals surface area contributed by atoms with Crippen LogP contribution < -0.4 is 0 Å². The lowest BCUT2D eigenvalue weighted by molar-refractivity contribution is 0.614. The van der Waals surface area contributed by atoms with Gasteiger partial charge in [0.05, 0.1) is 5.69 Å². The Labute approximate surface area is 111 Å². The van der Waals surface area contributed by atoms with Gasteiger partial charge in [-0.3, -0.25) is 9.67 Å². The molecule has 0 radical (unpaired) electrons. The molecule has 0 amide bonds. The van der Waals surface area contributed by atoms with Crippen LogP contribution in [0.15, 0.2) is 22.7 Å². The predicted octanol–water partition coefficient (Wildman–Crippen LogP) is 3.71. The fourth-order valence-electron chi connectivity index (χ4n) is 1.81. The van der Waals surface area contributed by atoms with Gasteiger partial charge < -0.3 is 0 Å². The van der Waals surface area contributed by atoms with Crippen molar-refractivity contribution in [2.45, 2.75) is 18.8 Å². The number of hydrogen-bond acceptors (Lipinski definition) is 2. The summed E-state index contributed by atoms with van der Waals surface area (Å²) in [4.78, 5) is 0. The maximum atomic E-state index is 13.8. The molecule has 6 heteroatoms. The second-order valence-corrected chi connectivity index (χ2v) is 5.39. The third-order valence-corrected chi connectivity index (χ3v) is 3.56. The molecule has 1 N–H and O–H groups in total. The molecule has 0 unspecified atom stereocenters. The zero-order valence-electron chi connectivity index (χ0n) is 8.78. The zero-order valence-corrected chi connectivity index (χ0v) is 11.2. The molecule has 17 heavy (non-hydrogen) atoms. The molecule has 1 aliphatic carbocycles. The highest BCUT2D eigenvalue weighted by atomic mass is 79.9. The molecular formula is C11H9BrFN3S. The minimum absolute atomic E-state index is 0.299. The van der Waals surface area contributed by atoms with Gasteiger partial charge in [0.15, 0.2) is 4.77 Å². The Morgan fingerprint density at radius 1 is 1.47 bits per heavy atom. The summed E-state index contributed by atoms with van der Waals surface area (Å²) in [5.74, 6) is 0.931. The molecule has 1 aromatic carbocycles. The topological polar surface area (TPSA) is 33.6 Å². The third-order valence-electron chi connectivity index (χ3n) is 2.79. The minimum Gasteiger partial charge on any atom is -0.269 e. The third kappa shape index (κ3) is 1.95. The fourth-order valence-corrected chi connectivity index (χ4v) is 2.40. The summed E-state index contributed by atoms with van der Waals surface area (Å²) in [5.41, 5.74) is 0.444. The molecule has 0 aliphatic heterocycles. The van der Waals surface area contributed by atoms with E-state index in [2.05, 4.69) is 26.1 Å². The van der Waals surface area contributed by atoms with Gasteiger partial charge in [-0.15, -0.1) is 0 Å². The molecule has 0 bridgehead atoms. The van der Waals surface area contributed by atoms with E-state index < -0.39 is 0 Å². The number of rotatable bonds is 2. The Bertz CT molecular complexity index is 630. The SMILES string of the molecule is Fc1ccc(Br)cc1-n1c(C2CC2)n[nH]c1=S. The van der Waals surface area contributed by atoms with Crippen LogP contribution in [-0.2, 0) is 0 Å². The molecular weight excluding hydrogens is 305 g/mol. The number of halogens is 2. The van der Waals surface area contributed by atoms with E-state index in [9.17, 15) is 4.39 Å². The molecule has 1 saturated carbocycles. The first-order valence-electron chi connectivity index (χ1n) is 5.29. The number of aromatic nitrogens is 3. The van der Waals surface area contributed by atoms with Crippen LogP contribution >= 0.6 is 28.1 Å². The maximum absolute atomic E-state index is 13.8. The van der Waals surface area contributed by atoms with E-state index in [0.29, 0.717) is 16.4 Å². The van der Waals surface area contributed by atoms with E-state index in [4.69, 9.17) is 12.2 Å². The highest BCUT2D eigenvalue weighted by molar-refractivity contribution is 9.10. The van der Waals surface area contributed by atoms with Crippen LogP contribution in [0.25, 0.3) is 5.69 Å². The second-order valence-electron chi connectivity index (χ2n) is 4.09. The van der Waals surface area contributed by atoms with Gasteiger partial charge in [-0.2, -0.15) is 5.10 Å². The fraction of sp³-hybridized carbons (Fsp3) is 0.273. The first-order valence-corrected chi connectivity index (χ1v) is 6.49. The highest BCUT2D eigenvalue weighted by Gasteiger charge is 2.30. The largest absolute Gasteiger partial charge is 0.269 e. The van der Waals surface area contributed by atoms with Gasteiger partial charge in [-0.25, -0.2) is 4.39 Å². The number of benzene rings is 1. The number of aromatic amines is 1. The summed E-state index contributed by atoms with van der Waals surface area (Å²) in [6.45, 7) is 0. The van der Waals surface area contributed by atoms with Crippen molar-refractivity contribution in [3.05, 3.63) is 39.1 Å². The van der Waals surface area contributed by atoms with Gasteiger partial charge in [0.25, 0.3) is 0 Å². The van der Waals surface area contributed by atoms with Crippen LogP contribution in [0.3, 0.4) is 0 Å². The zero-order chi connectivity index (χ0) is 12.0. The molecule has 3 rings (SSSR count). The van der Waals surface area contributed by atoms with Crippen LogP contribution in [0.2, 0.25) is 0 Å². The quantitative estimate of drug-likeness (QED) is 0.857. The molecule has 2 aromatic rings. The lowest BCUT2D eigenvalue weighted by Crippen LogP contribution is -2.02. The summed E-state index contributed by atoms with van der Waals surface area (Å²) >= 11 is 8.51. The van der Waals surface area contributed by atoms with Gasteiger partial charge in [-0.1, -0.05) is 15.9 Å². The van der Waals surface area contributed by atoms with Crippen molar-refractivity contribution in [3.8, 4) is 5.69 Å². The summed E-state index contributed by atoms with van der Waals surface area (Å²) in [6.07, 6.45) is 2.19. The first-order chi connectivity index (χ1) is 8.16. The van der Waals surface area contributed by atoms with Crippen LogP contribution in [0.1, 0.15) is 24.6 Å². The van der Waals surface area contributed by atoms with Crippen molar-refractivity contribution in [2.24, 2.45) is 0 Å². The van der Waals surface area contributed by atoms with Gasteiger partial charge in [0.2, 0.25) is 0 Å². The molecule has 1 aromatic heterocycles. The molecule has 0 atom stereocenters. The number of nitrogens with zero attached hydrogens (tertiary/aromatic N) is 2. The van der Waals surface area contributed by atoms with Gasteiger partial charge in [-0.05, 0) is 43.3 Å². The van der Waals surface area contributed by atoms with E-state index in [1.54, 1.807) is 16.7 Å². The molecule has 1 aliphatic rings. The Morgan fingerprint density at radius 3 is 2.94 bits per heavy atom. The van der Waals surface area contributed by atoms with E-state index in [1.165, 1.54) is 6.07 Å². The Kier molecular flexibility index (Phi) is 2.63. The number of nitrogens with one attached hydrogen (secondary N) is 1. The van der Waals surface area contributed by atoms with Crippen molar-refractivity contribution in [1.82, 2.24) is 14.8 Å². The molecule has 1 fully saturated rings. The Balaban J connectivity index is 2.23. The molecule has 0 spiro atoms. The normalized spacial score (nSPS) is 15.2. The Morgan fingerprint density at radius 2 is 2.24 bits per heavy atom. The second kappa shape index (κ2) is 4.03. The lowest BCUT2D eigenvalue weighted by atomic mass is 10.3.